The molecular weight excluding hydrogens is 238 g/mol. The molecule has 0 aromatic heterocycles. The Bertz CT molecular complexity index is 405. The van der Waals surface area contributed by atoms with Crippen LogP contribution in [0.15, 0.2) is 24.3 Å². The van der Waals surface area contributed by atoms with E-state index < -0.39 is 0 Å². The van der Waals surface area contributed by atoms with Crippen LogP contribution in [0.1, 0.15) is 18.9 Å². The monoisotopic (exact) mass is 255 g/mol. The number of hydrogen-bond acceptors (Lipinski definition) is 3. The lowest BCUT2D eigenvalue weighted by molar-refractivity contribution is 0.297. The molecule has 1 aromatic rings. The van der Waals surface area contributed by atoms with E-state index >= 15 is 0 Å². The third kappa shape index (κ3) is 3.95. The molecule has 0 fully saturated rings. The Balaban J connectivity index is 2.86. The van der Waals surface area contributed by atoms with Gasteiger partial charge in [-0.15, -0.1) is 6.58 Å². The average molecular weight is 256 g/mol. The maximum atomic E-state index is 6.12. The van der Waals surface area contributed by atoms with Crippen LogP contribution in [0.5, 0.6) is 11.5 Å². The number of methoxy groups -OCH3 is 1. The molecule has 0 unspecified atom stereocenters. The van der Waals surface area contributed by atoms with Gasteiger partial charge in [-0.05, 0) is 24.6 Å². The Labute approximate surface area is 107 Å². The Morgan fingerprint density at radius 1 is 1.47 bits per heavy atom. The first kappa shape index (κ1) is 13.9. The van der Waals surface area contributed by atoms with Gasteiger partial charge in [-0.25, -0.2) is 0 Å². The largest absolute Gasteiger partial charge is 0.493 e. The summed E-state index contributed by atoms with van der Waals surface area (Å²) in [5.41, 5.74) is 7.55. The van der Waals surface area contributed by atoms with Gasteiger partial charge in [0, 0.05) is 13.0 Å². The molecule has 1 rings (SSSR count). The van der Waals surface area contributed by atoms with E-state index in [1.807, 2.05) is 13.0 Å². The number of hydrogen-bond donors (Lipinski definition) is 1. The molecule has 0 saturated carbocycles. The van der Waals surface area contributed by atoms with Gasteiger partial charge < -0.3 is 15.2 Å². The number of halogens is 1. The van der Waals surface area contributed by atoms with E-state index in [1.54, 1.807) is 13.2 Å². The van der Waals surface area contributed by atoms with E-state index in [1.165, 1.54) is 0 Å². The van der Waals surface area contributed by atoms with Crippen LogP contribution in [0.4, 0.5) is 0 Å². The highest BCUT2D eigenvalue weighted by Gasteiger charge is 2.11. The van der Waals surface area contributed by atoms with Crippen molar-refractivity contribution in [2.75, 3.05) is 13.7 Å². The van der Waals surface area contributed by atoms with Gasteiger partial charge in [-0.3, -0.25) is 0 Å². The predicted molar refractivity (Wildman–Crippen MR) is 70.8 cm³/mol. The van der Waals surface area contributed by atoms with Crippen LogP contribution >= 0.6 is 11.6 Å². The third-order valence-corrected chi connectivity index (χ3v) is 2.58. The molecule has 4 heteroatoms. The van der Waals surface area contributed by atoms with Crippen molar-refractivity contribution in [1.82, 2.24) is 0 Å². The van der Waals surface area contributed by atoms with E-state index in [2.05, 4.69) is 6.58 Å². The highest BCUT2D eigenvalue weighted by atomic mass is 35.5. The standard InChI is InChI=1S/C13H18ClNO2/c1-9(2)4-5-17-13-11(14)6-10(8-15)7-12(13)16-3/h6-7H,1,4-5,8,15H2,2-3H3. The Morgan fingerprint density at radius 3 is 2.71 bits per heavy atom. The van der Waals surface area contributed by atoms with E-state index in [9.17, 15) is 0 Å². The van der Waals surface area contributed by atoms with Gasteiger partial charge in [0.15, 0.2) is 11.5 Å². The zero-order chi connectivity index (χ0) is 12.8. The Kier molecular flexibility index (Phi) is 5.32. The molecule has 1 aromatic carbocycles. The molecule has 94 valence electrons. The van der Waals surface area contributed by atoms with Crippen molar-refractivity contribution in [3.8, 4) is 11.5 Å². The molecule has 0 aliphatic rings. The van der Waals surface area contributed by atoms with Gasteiger partial charge in [0.2, 0.25) is 0 Å². The molecule has 0 bridgehead atoms. The second kappa shape index (κ2) is 6.52. The molecule has 2 N–H and O–H groups in total. The summed E-state index contributed by atoms with van der Waals surface area (Å²) in [6.07, 6.45) is 0.790. The fourth-order valence-corrected chi connectivity index (χ4v) is 1.65. The normalized spacial score (nSPS) is 10.1. The summed E-state index contributed by atoms with van der Waals surface area (Å²) >= 11 is 6.12. The van der Waals surface area contributed by atoms with Crippen molar-refractivity contribution < 1.29 is 9.47 Å². The first-order valence-corrected chi connectivity index (χ1v) is 5.80. The lowest BCUT2D eigenvalue weighted by Crippen LogP contribution is -2.02. The molecule has 0 aliphatic heterocycles. The van der Waals surface area contributed by atoms with Crippen LogP contribution in [0.3, 0.4) is 0 Å². The summed E-state index contributed by atoms with van der Waals surface area (Å²) in [5.74, 6) is 1.17. The predicted octanol–water partition coefficient (Wildman–Crippen LogP) is 3.15. The van der Waals surface area contributed by atoms with Gasteiger partial charge >= 0.3 is 0 Å². The van der Waals surface area contributed by atoms with Crippen molar-refractivity contribution in [2.24, 2.45) is 5.73 Å². The first-order valence-electron chi connectivity index (χ1n) is 5.42. The molecule has 0 amide bonds. The maximum Gasteiger partial charge on any atom is 0.179 e. The second-order valence-electron chi connectivity index (χ2n) is 3.87. The van der Waals surface area contributed by atoms with Crippen molar-refractivity contribution in [3.63, 3.8) is 0 Å². The lowest BCUT2D eigenvalue weighted by Gasteiger charge is -2.13. The highest BCUT2D eigenvalue weighted by molar-refractivity contribution is 6.32. The van der Waals surface area contributed by atoms with E-state index in [-0.39, 0.29) is 0 Å². The van der Waals surface area contributed by atoms with Gasteiger partial charge in [-0.2, -0.15) is 0 Å². The first-order chi connectivity index (χ1) is 8.08. The summed E-state index contributed by atoms with van der Waals surface area (Å²) in [6, 6.07) is 3.63. The van der Waals surface area contributed by atoms with E-state index in [0.29, 0.717) is 29.7 Å². The molecule has 3 nitrogen and oxygen atoms in total. The van der Waals surface area contributed by atoms with E-state index in [0.717, 1.165) is 17.6 Å². The minimum atomic E-state index is 0.419. The summed E-state index contributed by atoms with van der Waals surface area (Å²) in [6.45, 7) is 6.73. The summed E-state index contributed by atoms with van der Waals surface area (Å²) in [5, 5.41) is 0.520. The van der Waals surface area contributed by atoms with Crippen molar-refractivity contribution in [1.29, 1.82) is 0 Å². The zero-order valence-electron chi connectivity index (χ0n) is 10.3. The molecule has 0 radical (unpaired) electrons. The maximum absolute atomic E-state index is 6.12. The van der Waals surface area contributed by atoms with Crippen LogP contribution < -0.4 is 15.2 Å². The third-order valence-electron chi connectivity index (χ3n) is 2.30. The summed E-state index contributed by atoms with van der Waals surface area (Å²) in [7, 11) is 1.58. The lowest BCUT2D eigenvalue weighted by atomic mass is 10.2. The van der Waals surface area contributed by atoms with Gasteiger partial charge in [0.05, 0.1) is 18.7 Å². The minimum Gasteiger partial charge on any atom is -0.493 e. The molecule has 0 aliphatic carbocycles. The van der Waals surface area contributed by atoms with Crippen molar-refractivity contribution >= 4 is 11.6 Å². The number of nitrogens with two attached hydrogens (primary N) is 1. The quantitative estimate of drug-likeness (QED) is 0.795. The van der Waals surface area contributed by atoms with Crippen LogP contribution in [0.2, 0.25) is 5.02 Å². The number of ether oxygens (including phenoxy) is 2. The second-order valence-corrected chi connectivity index (χ2v) is 4.28. The van der Waals surface area contributed by atoms with Crippen LogP contribution in [0.25, 0.3) is 0 Å². The number of rotatable bonds is 6. The van der Waals surface area contributed by atoms with Gasteiger partial charge in [0.25, 0.3) is 0 Å². The van der Waals surface area contributed by atoms with Crippen LogP contribution in [-0.2, 0) is 6.54 Å². The highest BCUT2D eigenvalue weighted by Crippen LogP contribution is 2.36. The number of benzene rings is 1. The van der Waals surface area contributed by atoms with Crippen molar-refractivity contribution in [3.05, 3.63) is 34.9 Å². The van der Waals surface area contributed by atoms with Gasteiger partial charge in [0.1, 0.15) is 0 Å². The summed E-state index contributed by atoms with van der Waals surface area (Å²) in [4.78, 5) is 0. The molecule has 0 saturated heterocycles. The zero-order valence-corrected chi connectivity index (χ0v) is 11.0. The van der Waals surface area contributed by atoms with Crippen LogP contribution in [0, 0.1) is 0 Å². The van der Waals surface area contributed by atoms with E-state index in [4.69, 9.17) is 26.8 Å². The Hall–Kier alpha value is -1.19. The van der Waals surface area contributed by atoms with Crippen molar-refractivity contribution in [2.45, 2.75) is 19.9 Å². The van der Waals surface area contributed by atoms with Crippen LogP contribution in [-0.4, -0.2) is 13.7 Å². The average Bonchev–Trinajstić information content (AvgIpc) is 2.30. The fraction of sp³-hybridized carbons (Fsp3) is 0.385. The molecule has 0 atom stereocenters. The smallest absolute Gasteiger partial charge is 0.179 e. The fourth-order valence-electron chi connectivity index (χ4n) is 1.36. The topological polar surface area (TPSA) is 44.5 Å². The SMILES string of the molecule is C=C(C)CCOc1c(Cl)cc(CN)cc1OC. The molecular formula is C13H18ClNO2. The molecule has 0 heterocycles. The van der Waals surface area contributed by atoms with Gasteiger partial charge in [-0.1, -0.05) is 17.2 Å². The minimum absolute atomic E-state index is 0.419. The molecule has 17 heavy (non-hydrogen) atoms. The Morgan fingerprint density at radius 2 is 2.18 bits per heavy atom. The summed E-state index contributed by atoms with van der Waals surface area (Å²) < 4.78 is 10.8. The molecule has 0 spiro atoms.